The molecule has 0 bridgehead atoms. The lowest BCUT2D eigenvalue weighted by Gasteiger charge is -2.28. The molecule has 0 spiro atoms. The summed E-state index contributed by atoms with van der Waals surface area (Å²) >= 11 is 0. The number of fused-ring (bicyclic) bond motifs is 1. The molecule has 2 heterocycles. The van der Waals surface area contributed by atoms with E-state index in [1.165, 1.54) is 0 Å². The van der Waals surface area contributed by atoms with Gasteiger partial charge in [0.1, 0.15) is 0 Å². The summed E-state index contributed by atoms with van der Waals surface area (Å²) in [5.74, 6) is -0.439. The summed E-state index contributed by atoms with van der Waals surface area (Å²) in [5.41, 5.74) is 4.06. The highest BCUT2D eigenvalue weighted by molar-refractivity contribution is 5.90. The van der Waals surface area contributed by atoms with Crippen LogP contribution in [-0.4, -0.2) is 53.4 Å². The van der Waals surface area contributed by atoms with E-state index in [0.29, 0.717) is 32.5 Å². The molecule has 27 heavy (non-hydrogen) atoms. The average Bonchev–Trinajstić information content (AvgIpc) is 3.06. The first kappa shape index (κ1) is 19.1. The number of benzene rings is 1. The molecular weight excluding hydrogens is 346 g/mol. The second-order valence-corrected chi connectivity index (χ2v) is 6.55. The molecule has 0 unspecified atom stereocenters. The van der Waals surface area contributed by atoms with Crippen LogP contribution in [0.15, 0.2) is 24.3 Å². The van der Waals surface area contributed by atoms with Crippen molar-refractivity contribution < 1.29 is 19.1 Å². The molecular formula is C20H25N3O4. The van der Waals surface area contributed by atoms with Gasteiger partial charge in [-0.25, -0.2) is 9.48 Å². The van der Waals surface area contributed by atoms with E-state index in [9.17, 15) is 9.59 Å². The number of carbonyl (C=O) groups is 2. The van der Waals surface area contributed by atoms with Crippen LogP contribution in [0.3, 0.4) is 0 Å². The molecule has 0 radical (unpaired) electrons. The first-order valence-electron chi connectivity index (χ1n) is 9.16. The fraction of sp³-hybridized carbons (Fsp3) is 0.450. The summed E-state index contributed by atoms with van der Waals surface area (Å²) in [4.78, 5) is 26.6. The molecule has 144 valence electrons. The highest BCUT2D eigenvalue weighted by atomic mass is 16.5. The standard InChI is InChI=1S/C20H25N3O4/c1-4-27-20(25)19-16-13-22(18(24)10-12-26-3)11-9-17(16)23(21-19)15-7-5-14(2)6-8-15/h5-8H,4,9-13H2,1-3H3. The highest BCUT2D eigenvalue weighted by Crippen LogP contribution is 2.26. The zero-order valence-electron chi connectivity index (χ0n) is 16.0. The Morgan fingerprint density at radius 1 is 1.22 bits per heavy atom. The third-order valence-electron chi connectivity index (χ3n) is 4.68. The monoisotopic (exact) mass is 371 g/mol. The van der Waals surface area contributed by atoms with E-state index >= 15 is 0 Å². The van der Waals surface area contributed by atoms with E-state index in [4.69, 9.17) is 9.47 Å². The van der Waals surface area contributed by atoms with Crippen molar-refractivity contribution >= 4 is 11.9 Å². The Balaban J connectivity index is 1.97. The molecule has 2 aromatic rings. The number of esters is 1. The lowest BCUT2D eigenvalue weighted by Crippen LogP contribution is -2.37. The Bertz CT molecular complexity index is 826. The van der Waals surface area contributed by atoms with Crippen molar-refractivity contribution in [3.05, 3.63) is 46.8 Å². The second-order valence-electron chi connectivity index (χ2n) is 6.55. The van der Waals surface area contributed by atoms with Crippen LogP contribution in [0.5, 0.6) is 0 Å². The minimum atomic E-state index is -0.453. The van der Waals surface area contributed by atoms with Crippen LogP contribution in [0.4, 0.5) is 0 Å². The zero-order chi connectivity index (χ0) is 19.4. The third kappa shape index (κ3) is 4.03. The second kappa shape index (κ2) is 8.35. The minimum Gasteiger partial charge on any atom is -0.461 e. The first-order valence-corrected chi connectivity index (χ1v) is 9.16. The van der Waals surface area contributed by atoms with Gasteiger partial charge in [0, 0.05) is 32.2 Å². The number of aromatic nitrogens is 2. The molecule has 1 aliphatic heterocycles. The maximum absolute atomic E-state index is 12.4. The fourth-order valence-corrected chi connectivity index (χ4v) is 3.24. The largest absolute Gasteiger partial charge is 0.461 e. The van der Waals surface area contributed by atoms with E-state index in [-0.39, 0.29) is 18.2 Å². The minimum absolute atomic E-state index is 0.0143. The van der Waals surface area contributed by atoms with Crippen molar-refractivity contribution in [1.29, 1.82) is 0 Å². The number of nitrogens with zero attached hydrogens (tertiary/aromatic N) is 3. The van der Waals surface area contributed by atoms with Gasteiger partial charge < -0.3 is 14.4 Å². The summed E-state index contributed by atoms with van der Waals surface area (Å²) in [6, 6.07) is 7.98. The van der Waals surface area contributed by atoms with Crippen LogP contribution in [0, 0.1) is 6.92 Å². The number of methoxy groups -OCH3 is 1. The van der Waals surface area contributed by atoms with E-state index in [2.05, 4.69) is 5.10 Å². The van der Waals surface area contributed by atoms with E-state index in [1.54, 1.807) is 23.6 Å². The van der Waals surface area contributed by atoms with Crippen molar-refractivity contribution in [3.63, 3.8) is 0 Å². The number of ether oxygens (including phenoxy) is 2. The molecule has 7 nitrogen and oxygen atoms in total. The molecule has 0 aliphatic carbocycles. The summed E-state index contributed by atoms with van der Waals surface area (Å²) in [6.07, 6.45) is 0.959. The Hall–Kier alpha value is -2.67. The van der Waals surface area contributed by atoms with Crippen molar-refractivity contribution in [2.75, 3.05) is 26.9 Å². The molecule has 1 aromatic heterocycles. The molecule has 3 rings (SSSR count). The quantitative estimate of drug-likeness (QED) is 0.729. The first-order chi connectivity index (χ1) is 13.0. The van der Waals surface area contributed by atoms with Gasteiger partial charge in [-0.05, 0) is 26.0 Å². The molecule has 1 aromatic carbocycles. The van der Waals surface area contributed by atoms with Gasteiger partial charge in [-0.3, -0.25) is 4.79 Å². The van der Waals surface area contributed by atoms with Gasteiger partial charge in [-0.1, -0.05) is 17.7 Å². The van der Waals surface area contributed by atoms with Gasteiger partial charge in [0.05, 0.1) is 31.0 Å². The predicted molar refractivity (Wildman–Crippen MR) is 99.9 cm³/mol. The van der Waals surface area contributed by atoms with Crippen LogP contribution in [0.1, 0.15) is 40.7 Å². The maximum Gasteiger partial charge on any atom is 0.359 e. The van der Waals surface area contributed by atoms with Gasteiger partial charge in [0.25, 0.3) is 0 Å². The lowest BCUT2D eigenvalue weighted by atomic mass is 10.0. The molecule has 7 heteroatoms. The Morgan fingerprint density at radius 3 is 2.63 bits per heavy atom. The Morgan fingerprint density at radius 2 is 1.96 bits per heavy atom. The van der Waals surface area contributed by atoms with Crippen LogP contribution in [0.25, 0.3) is 5.69 Å². The molecule has 0 atom stereocenters. The van der Waals surface area contributed by atoms with Crippen LogP contribution in [0.2, 0.25) is 0 Å². The van der Waals surface area contributed by atoms with Crippen molar-refractivity contribution in [1.82, 2.24) is 14.7 Å². The number of carbonyl (C=O) groups excluding carboxylic acids is 2. The smallest absolute Gasteiger partial charge is 0.359 e. The van der Waals surface area contributed by atoms with Gasteiger partial charge in [0.15, 0.2) is 5.69 Å². The Labute approximate surface area is 158 Å². The predicted octanol–water partition coefficient (Wildman–Crippen LogP) is 2.28. The van der Waals surface area contributed by atoms with Gasteiger partial charge in [-0.15, -0.1) is 0 Å². The van der Waals surface area contributed by atoms with Gasteiger partial charge in [0.2, 0.25) is 5.91 Å². The van der Waals surface area contributed by atoms with Gasteiger partial charge >= 0.3 is 5.97 Å². The number of rotatable bonds is 6. The topological polar surface area (TPSA) is 73.7 Å². The Kier molecular flexibility index (Phi) is 5.91. The van der Waals surface area contributed by atoms with E-state index < -0.39 is 5.97 Å². The van der Waals surface area contributed by atoms with Gasteiger partial charge in [-0.2, -0.15) is 5.10 Å². The van der Waals surface area contributed by atoms with Crippen molar-refractivity contribution in [2.45, 2.75) is 33.2 Å². The SMILES string of the molecule is CCOC(=O)c1nn(-c2ccc(C)cc2)c2c1CN(C(=O)CCOC)CC2. The molecule has 0 saturated heterocycles. The summed E-state index contributed by atoms with van der Waals surface area (Å²) in [5, 5.41) is 4.55. The molecule has 1 aliphatic rings. The maximum atomic E-state index is 12.4. The summed E-state index contributed by atoms with van der Waals surface area (Å²) in [6.45, 7) is 5.40. The number of hydrogen-bond donors (Lipinski definition) is 0. The number of hydrogen-bond acceptors (Lipinski definition) is 5. The molecule has 1 amide bonds. The third-order valence-corrected chi connectivity index (χ3v) is 4.68. The fourth-order valence-electron chi connectivity index (χ4n) is 3.24. The number of amides is 1. The molecule has 0 fully saturated rings. The van der Waals surface area contributed by atoms with E-state index in [0.717, 1.165) is 22.5 Å². The average molecular weight is 371 g/mol. The van der Waals surface area contributed by atoms with Crippen LogP contribution < -0.4 is 0 Å². The van der Waals surface area contributed by atoms with Crippen molar-refractivity contribution in [3.8, 4) is 5.69 Å². The normalized spacial score (nSPS) is 13.4. The molecule has 0 N–H and O–H groups in total. The summed E-state index contributed by atoms with van der Waals surface area (Å²) in [7, 11) is 1.58. The van der Waals surface area contributed by atoms with Crippen LogP contribution >= 0.6 is 0 Å². The number of aryl methyl sites for hydroxylation is 1. The van der Waals surface area contributed by atoms with Crippen LogP contribution in [-0.2, 0) is 27.2 Å². The lowest BCUT2D eigenvalue weighted by molar-refractivity contribution is -0.133. The summed E-state index contributed by atoms with van der Waals surface area (Å²) < 4.78 is 12.0. The zero-order valence-corrected chi connectivity index (χ0v) is 16.0. The van der Waals surface area contributed by atoms with Crippen molar-refractivity contribution in [2.24, 2.45) is 0 Å². The highest BCUT2D eigenvalue weighted by Gasteiger charge is 2.31. The van der Waals surface area contributed by atoms with E-state index in [1.807, 2.05) is 31.2 Å². The molecule has 0 saturated carbocycles.